The van der Waals surface area contributed by atoms with E-state index in [9.17, 15) is 0 Å². The van der Waals surface area contributed by atoms with E-state index in [-0.39, 0.29) is 0 Å². The Morgan fingerprint density at radius 1 is 1.41 bits per heavy atom. The number of hydrogen-bond donors (Lipinski definition) is 2. The summed E-state index contributed by atoms with van der Waals surface area (Å²) in [4.78, 5) is 10.6. The molecule has 1 aromatic heterocycles. The molecule has 0 amide bonds. The average Bonchev–Trinajstić information content (AvgIpc) is 2.66. The zero-order valence-electron chi connectivity index (χ0n) is 9.85. The van der Waals surface area contributed by atoms with Gasteiger partial charge in [0.15, 0.2) is 11.6 Å². The molecular weight excluding hydrogens is 238 g/mol. The van der Waals surface area contributed by atoms with Crippen molar-refractivity contribution in [3.8, 4) is 5.75 Å². The predicted molar refractivity (Wildman–Crippen MR) is 70.5 cm³/mol. The Kier molecular flexibility index (Phi) is 4.27. The van der Waals surface area contributed by atoms with Crippen LogP contribution in [0.2, 0.25) is 0 Å². The lowest BCUT2D eigenvalue weighted by Gasteiger charge is -2.23. The van der Waals surface area contributed by atoms with Crippen molar-refractivity contribution < 1.29 is 4.74 Å². The number of thioether (sulfide) groups is 1. The van der Waals surface area contributed by atoms with Crippen molar-refractivity contribution in [2.45, 2.75) is 6.42 Å². The zero-order valence-corrected chi connectivity index (χ0v) is 10.7. The van der Waals surface area contributed by atoms with Gasteiger partial charge in [0, 0.05) is 18.8 Å². The highest BCUT2D eigenvalue weighted by Gasteiger charge is 2.18. The number of aromatic nitrogens is 2. The summed E-state index contributed by atoms with van der Waals surface area (Å²) in [6.07, 6.45) is 2.66. The number of rotatable bonds is 3. The summed E-state index contributed by atoms with van der Waals surface area (Å²) in [5, 5.41) is 0. The van der Waals surface area contributed by atoms with Crippen molar-refractivity contribution in [1.82, 2.24) is 9.97 Å². The van der Waals surface area contributed by atoms with Gasteiger partial charge in [0.1, 0.15) is 6.33 Å². The summed E-state index contributed by atoms with van der Waals surface area (Å²) in [5.41, 5.74) is 2.53. The maximum atomic E-state index is 5.41. The Bertz CT molecular complexity index is 368. The third-order valence-electron chi connectivity index (χ3n) is 2.65. The quantitative estimate of drug-likeness (QED) is 0.608. The van der Waals surface area contributed by atoms with Gasteiger partial charge in [-0.05, 0) is 12.2 Å². The molecule has 2 heterocycles. The van der Waals surface area contributed by atoms with Gasteiger partial charge in [-0.3, -0.25) is 0 Å². The van der Waals surface area contributed by atoms with Gasteiger partial charge in [-0.1, -0.05) is 0 Å². The molecule has 1 aromatic rings. The Morgan fingerprint density at radius 3 is 3.06 bits per heavy atom. The fourth-order valence-electron chi connectivity index (χ4n) is 1.84. The largest absolute Gasteiger partial charge is 0.490 e. The lowest BCUT2D eigenvalue weighted by Crippen LogP contribution is -2.27. The van der Waals surface area contributed by atoms with Gasteiger partial charge in [0.25, 0.3) is 0 Å². The molecule has 1 saturated heterocycles. The number of ether oxygens (including phenoxy) is 1. The van der Waals surface area contributed by atoms with E-state index < -0.39 is 0 Å². The van der Waals surface area contributed by atoms with Crippen molar-refractivity contribution in [2.24, 2.45) is 5.84 Å². The van der Waals surface area contributed by atoms with Crippen LogP contribution in [0.15, 0.2) is 6.33 Å². The molecule has 7 heteroatoms. The molecule has 0 spiro atoms. The minimum absolute atomic E-state index is 0.523. The van der Waals surface area contributed by atoms with Crippen LogP contribution in [0, 0.1) is 0 Å². The first-order valence-corrected chi connectivity index (χ1v) is 6.70. The molecular formula is C10H17N5OS. The maximum Gasteiger partial charge on any atom is 0.205 e. The standard InChI is InChI=1S/C10H17N5OS/c1-16-8-9(14-11)12-7-13-10(8)15-3-2-5-17-6-4-15/h7H,2-6,11H2,1H3,(H,12,13,14). The number of hydrogen-bond acceptors (Lipinski definition) is 7. The van der Waals surface area contributed by atoms with Crippen molar-refractivity contribution >= 4 is 23.4 Å². The predicted octanol–water partition coefficient (Wildman–Crippen LogP) is 0.714. The highest BCUT2D eigenvalue weighted by atomic mass is 32.2. The number of nitrogens with one attached hydrogen (secondary N) is 1. The number of anilines is 2. The molecule has 0 saturated carbocycles. The second-order valence-electron chi connectivity index (χ2n) is 3.68. The molecule has 94 valence electrons. The molecule has 1 fully saturated rings. The molecule has 2 rings (SSSR count). The SMILES string of the molecule is COc1c(NN)ncnc1N1CCCSCC1. The normalized spacial score (nSPS) is 16.5. The zero-order chi connectivity index (χ0) is 12.1. The van der Waals surface area contributed by atoms with E-state index >= 15 is 0 Å². The summed E-state index contributed by atoms with van der Waals surface area (Å²) in [7, 11) is 1.61. The van der Waals surface area contributed by atoms with Gasteiger partial charge in [0.05, 0.1) is 7.11 Å². The van der Waals surface area contributed by atoms with E-state index in [0.29, 0.717) is 11.6 Å². The first-order valence-electron chi connectivity index (χ1n) is 5.55. The van der Waals surface area contributed by atoms with Crippen LogP contribution in [-0.2, 0) is 0 Å². The fraction of sp³-hybridized carbons (Fsp3) is 0.600. The molecule has 17 heavy (non-hydrogen) atoms. The third-order valence-corrected chi connectivity index (χ3v) is 3.70. The first-order chi connectivity index (χ1) is 8.36. The highest BCUT2D eigenvalue weighted by Crippen LogP contribution is 2.32. The van der Waals surface area contributed by atoms with E-state index in [4.69, 9.17) is 10.6 Å². The van der Waals surface area contributed by atoms with Crippen LogP contribution in [0.4, 0.5) is 11.6 Å². The van der Waals surface area contributed by atoms with E-state index in [1.807, 2.05) is 11.8 Å². The highest BCUT2D eigenvalue weighted by molar-refractivity contribution is 7.99. The molecule has 0 radical (unpaired) electrons. The van der Waals surface area contributed by atoms with Crippen molar-refractivity contribution in [3.63, 3.8) is 0 Å². The molecule has 6 nitrogen and oxygen atoms in total. The van der Waals surface area contributed by atoms with Gasteiger partial charge in [-0.2, -0.15) is 11.8 Å². The number of hydrazine groups is 1. The van der Waals surface area contributed by atoms with Crippen LogP contribution in [0.3, 0.4) is 0 Å². The number of nitrogens with two attached hydrogens (primary N) is 1. The van der Waals surface area contributed by atoms with Crippen LogP contribution in [-0.4, -0.2) is 41.7 Å². The average molecular weight is 255 g/mol. The van der Waals surface area contributed by atoms with E-state index in [1.54, 1.807) is 7.11 Å². The van der Waals surface area contributed by atoms with Crippen molar-refractivity contribution in [2.75, 3.05) is 42.0 Å². The Labute approximate surface area is 105 Å². The molecule has 0 aromatic carbocycles. The Hall–Kier alpha value is -1.21. The van der Waals surface area contributed by atoms with Crippen molar-refractivity contribution in [3.05, 3.63) is 6.33 Å². The summed E-state index contributed by atoms with van der Waals surface area (Å²) in [5.74, 6) is 9.68. The summed E-state index contributed by atoms with van der Waals surface area (Å²) in [6, 6.07) is 0. The van der Waals surface area contributed by atoms with Gasteiger partial charge >= 0.3 is 0 Å². The summed E-state index contributed by atoms with van der Waals surface area (Å²) < 4.78 is 5.35. The van der Waals surface area contributed by atoms with E-state index in [0.717, 1.165) is 31.1 Å². The van der Waals surface area contributed by atoms with Gasteiger partial charge < -0.3 is 15.1 Å². The fourth-order valence-corrected chi connectivity index (χ4v) is 2.73. The second-order valence-corrected chi connectivity index (χ2v) is 4.90. The first kappa shape index (κ1) is 12.3. The van der Waals surface area contributed by atoms with Gasteiger partial charge in [-0.25, -0.2) is 15.8 Å². The maximum absolute atomic E-state index is 5.41. The molecule has 3 N–H and O–H groups in total. The number of nitrogens with zero attached hydrogens (tertiary/aromatic N) is 3. The molecule has 1 aliphatic heterocycles. The van der Waals surface area contributed by atoms with Crippen molar-refractivity contribution in [1.29, 1.82) is 0 Å². The Balaban J connectivity index is 2.29. The molecule has 0 bridgehead atoms. The third kappa shape index (κ3) is 2.73. The van der Waals surface area contributed by atoms with E-state index in [2.05, 4.69) is 20.3 Å². The number of nitrogen functional groups attached to an aromatic ring is 1. The van der Waals surface area contributed by atoms with Gasteiger partial charge in [0.2, 0.25) is 5.75 Å². The smallest absolute Gasteiger partial charge is 0.205 e. The van der Waals surface area contributed by atoms with Crippen LogP contribution < -0.4 is 20.9 Å². The van der Waals surface area contributed by atoms with Crippen LogP contribution in [0.25, 0.3) is 0 Å². The molecule has 1 aliphatic rings. The summed E-state index contributed by atoms with van der Waals surface area (Å²) >= 11 is 1.97. The number of methoxy groups -OCH3 is 1. The monoisotopic (exact) mass is 255 g/mol. The molecule has 0 unspecified atom stereocenters. The van der Waals surface area contributed by atoms with Crippen LogP contribution >= 0.6 is 11.8 Å². The topological polar surface area (TPSA) is 76.3 Å². The van der Waals surface area contributed by atoms with E-state index in [1.165, 1.54) is 12.1 Å². The minimum Gasteiger partial charge on any atom is -0.490 e. The van der Waals surface area contributed by atoms with Crippen LogP contribution in [0.1, 0.15) is 6.42 Å². The molecule has 0 aliphatic carbocycles. The molecule has 0 atom stereocenters. The minimum atomic E-state index is 0.523. The lowest BCUT2D eigenvalue weighted by atomic mass is 10.3. The second kappa shape index (κ2) is 5.92. The van der Waals surface area contributed by atoms with Gasteiger partial charge in [-0.15, -0.1) is 0 Å². The summed E-state index contributed by atoms with van der Waals surface area (Å²) in [6.45, 7) is 1.96. The van der Waals surface area contributed by atoms with Crippen LogP contribution in [0.5, 0.6) is 5.75 Å². The lowest BCUT2D eigenvalue weighted by molar-refractivity contribution is 0.412. The Morgan fingerprint density at radius 2 is 2.29 bits per heavy atom.